The molecule has 0 bridgehead atoms. The van der Waals surface area contributed by atoms with Crippen molar-refractivity contribution < 1.29 is 0 Å². The predicted octanol–water partition coefficient (Wildman–Crippen LogP) is 5.70. The summed E-state index contributed by atoms with van der Waals surface area (Å²) in [5.74, 6) is 0. The Balaban J connectivity index is 2.17. The minimum Gasteiger partial charge on any atom is -0.309 e. The molecule has 1 unspecified atom stereocenters. The normalized spacial score (nSPS) is 23.3. The molecule has 0 aliphatic carbocycles. The number of nitrogens with zero attached hydrogens (tertiary/aromatic N) is 1. The number of rotatable bonds is 6. The lowest BCUT2D eigenvalue weighted by Gasteiger charge is -2.35. The largest absolute Gasteiger partial charge is 0.309 e. The van der Waals surface area contributed by atoms with Gasteiger partial charge in [0.1, 0.15) is 4.87 Å². The van der Waals surface area contributed by atoms with Gasteiger partial charge in [-0.25, -0.2) is 0 Å². The van der Waals surface area contributed by atoms with Crippen LogP contribution in [0.1, 0.15) is 12.0 Å². The molecule has 1 aromatic carbocycles. The summed E-state index contributed by atoms with van der Waals surface area (Å²) in [6.07, 6.45) is 1.11. The van der Waals surface area contributed by atoms with Gasteiger partial charge in [-0.2, -0.15) is 0 Å². The first-order valence-electron chi connectivity index (χ1n) is 6.67. The number of hydrogen-bond donors (Lipinski definition) is 1. The topological polar surface area (TPSA) is 15.3 Å². The van der Waals surface area contributed by atoms with Crippen molar-refractivity contribution in [1.82, 2.24) is 10.2 Å². The smallest absolute Gasteiger partial charge is 0.144 e. The Bertz CT molecular complexity index is 471. The second-order valence-corrected chi connectivity index (χ2v) is 15.0. The fourth-order valence-corrected chi connectivity index (χ4v) is 15.4. The van der Waals surface area contributed by atoms with Crippen molar-refractivity contribution in [2.75, 3.05) is 27.2 Å². The van der Waals surface area contributed by atoms with Crippen LogP contribution in [-0.2, 0) is 4.87 Å². The molecular formula is C13H18N2S7. The maximum absolute atomic E-state index is 5.78. The van der Waals surface area contributed by atoms with Crippen molar-refractivity contribution in [2.45, 2.75) is 11.3 Å². The van der Waals surface area contributed by atoms with E-state index in [9.17, 15) is 0 Å². The highest BCUT2D eigenvalue weighted by Crippen LogP contribution is 2.62. The molecule has 9 heteroatoms. The molecule has 1 aliphatic heterocycles. The molecule has 1 N–H and O–H groups in total. The van der Waals surface area contributed by atoms with Gasteiger partial charge in [0, 0.05) is 0 Å². The molecule has 1 atom stereocenters. The molecule has 0 spiro atoms. The number of thiocarbonyl (C=S) groups is 1. The molecule has 1 fully saturated rings. The summed E-state index contributed by atoms with van der Waals surface area (Å²) in [7, 11) is 14.9. The molecular weight excluding hydrogens is 409 g/mol. The fourth-order valence-electron chi connectivity index (χ4n) is 1.93. The zero-order valence-corrected chi connectivity index (χ0v) is 18.0. The van der Waals surface area contributed by atoms with Crippen LogP contribution in [0.25, 0.3) is 0 Å². The van der Waals surface area contributed by atoms with Crippen molar-refractivity contribution in [2.24, 2.45) is 0 Å². The van der Waals surface area contributed by atoms with Gasteiger partial charge in [0.25, 0.3) is 0 Å². The third-order valence-electron chi connectivity index (χ3n) is 2.98. The zero-order chi connectivity index (χ0) is 15.8. The third kappa shape index (κ3) is 5.70. The number of hydrogen-bond acceptors (Lipinski definition) is 9. The molecule has 122 valence electrons. The zero-order valence-electron chi connectivity index (χ0n) is 12.3. The summed E-state index contributed by atoms with van der Waals surface area (Å²) in [5.41, 5.74) is 1.24. The van der Waals surface area contributed by atoms with Crippen LogP contribution >= 0.6 is 73.1 Å². The van der Waals surface area contributed by atoms with Crippen LogP contribution in [0.2, 0.25) is 0 Å². The van der Waals surface area contributed by atoms with Crippen LogP contribution in [0.15, 0.2) is 30.3 Å². The average Bonchev–Trinajstić information content (AvgIpc) is 2.51. The monoisotopic (exact) mass is 426 g/mol. The Morgan fingerprint density at radius 1 is 1.09 bits per heavy atom. The second kappa shape index (κ2) is 10.4. The Morgan fingerprint density at radius 2 is 1.82 bits per heavy atom. The minimum absolute atomic E-state index is 0.306. The van der Waals surface area contributed by atoms with Crippen LogP contribution in [0.4, 0.5) is 0 Å². The third-order valence-corrected chi connectivity index (χ3v) is 15.1. The van der Waals surface area contributed by atoms with Gasteiger partial charge in [-0.1, -0.05) is 42.5 Å². The molecule has 0 amide bonds. The lowest BCUT2D eigenvalue weighted by Crippen LogP contribution is -2.44. The Kier molecular flexibility index (Phi) is 9.25. The van der Waals surface area contributed by atoms with Crippen LogP contribution in [-0.4, -0.2) is 36.3 Å². The lowest BCUT2D eigenvalue weighted by atomic mass is 10.1. The van der Waals surface area contributed by atoms with E-state index >= 15 is 0 Å². The Hall–Kier alpha value is 1.33. The summed E-state index contributed by atoms with van der Waals surface area (Å²) < 4.78 is 0.999. The van der Waals surface area contributed by atoms with Gasteiger partial charge in [0.05, 0.1) is 4.20 Å². The molecule has 1 aliphatic rings. The molecule has 2 rings (SSSR count). The van der Waals surface area contributed by atoms with E-state index in [2.05, 4.69) is 54.6 Å². The molecule has 1 aromatic rings. The lowest BCUT2D eigenvalue weighted by molar-refractivity contribution is 0.391. The van der Waals surface area contributed by atoms with Crippen LogP contribution in [0.3, 0.4) is 0 Å². The summed E-state index contributed by atoms with van der Waals surface area (Å²) in [4.78, 5) is 1.91. The van der Waals surface area contributed by atoms with E-state index in [4.69, 9.17) is 12.2 Å². The Labute approximate surface area is 160 Å². The molecule has 1 saturated heterocycles. The van der Waals surface area contributed by atoms with Crippen molar-refractivity contribution in [3.63, 3.8) is 0 Å². The number of benzene rings is 1. The average molecular weight is 427 g/mol. The van der Waals surface area contributed by atoms with Gasteiger partial charge in [-0.3, -0.25) is 5.32 Å². The highest BCUT2D eigenvalue weighted by atomic mass is 33.9. The second-order valence-electron chi connectivity index (χ2n) is 4.86. The van der Waals surface area contributed by atoms with Crippen molar-refractivity contribution in [3.05, 3.63) is 35.9 Å². The first kappa shape index (κ1) is 19.7. The van der Waals surface area contributed by atoms with E-state index in [1.807, 2.05) is 10.8 Å². The van der Waals surface area contributed by atoms with Gasteiger partial charge in [0.15, 0.2) is 0 Å². The van der Waals surface area contributed by atoms with Crippen LogP contribution in [0, 0.1) is 0 Å². The summed E-state index contributed by atoms with van der Waals surface area (Å²) >= 11 is 5.78. The van der Waals surface area contributed by atoms with Crippen LogP contribution < -0.4 is 5.32 Å². The van der Waals surface area contributed by atoms with Gasteiger partial charge in [-0.15, -0.1) is 0 Å². The maximum Gasteiger partial charge on any atom is 0.144 e. The highest BCUT2D eigenvalue weighted by Gasteiger charge is 2.39. The van der Waals surface area contributed by atoms with E-state index in [0.717, 1.165) is 23.7 Å². The molecule has 0 saturated carbocycles. The SMILES string of the molecule is CN(C)CCCNC1(c2ccccc2)SSSSSSC1=S. The summed E-state index contributed by atoms with van der Waals surface area (Å²) in [5, 5.41) is 3.74. The van der Waals surface area contributed by atoms with Gasteiger partial charge >= 0.3 is 0 Å². The van der Waals surface area contributed by atoms with Crippen LogP contribution in [0.5, 0.6) is 0 Å². The van der Waals surface area contributed by atoms with Gasteiger partial charge in [-0.05, 0) is 100 Å². The summed E-state index contributed by atoms with van der Waals surface area (Å²) in [6.45, 7) is 2.03. The van der Waals surface area contributed by atoms with Crippen molar-refractivity contribution in [3.8, 4) is 0 Å². The highest BCUT2D eigenvalue weighted by molar-refractivity contribution is 9.43. The summed E-state index contributed by atoms with van der Waals surface area (Å²) in [6, 6.07) is 10.6. The minimum atomic E-state index is -0.306. The maximum atomic E-state index is 5.78. The van der Waals surface area contributed by atoms with E-state index in [1.54, 1.807) is 50.1 Å². The predicted molar refractivity (Wildman–Crippen MR) is 117 cm³/mol. The Morgan fingerprint density at radius 3 is 2.55 bits per heavy atom. The molecule has 0 radical (unpaired) electrons. The van der Waals surface area contributed by atoms with Gasteiger partial charge in [0.2, 0.25) is 0 Å². The number of nitrogens with one attached hydrogen (secondary N) is 1. The quantitative estimate of drug-likeness (QED) is 0.347. The molecule has 22 heavy (non-hydrogen) atoms. The standard InChI is InChI=1S/C13H18N2S7/c1-15(2)10-6-9-14-13(11-7-4-3-5-8-11)12(16)17-19-21-22-20-18-13/h3-5,7-8,14H,6,9-10H2,1-2H3. The van der Waals surface area contributed by atoms with E-state index < -0.39 is 0 Å². The first-order chi connectivity index (χ1) is 10.6. The molecule has 2 nitrogen and oxygen atoms in total. The van der Waals surface area contributed by atoms with E-state index in [1.165, 1.54) is 5.56 Å². The van der Waals surface area contributed by atoms with E-state index in [0.29, 0.717) is 0 Å². The first-order valence-corrected chi connectivity index (χ1v) is 14.6. The van der Waals surface area contributed by atoms with Crippen molar-refractivity contribution >= 4 is 77.3 Å². The molecule has 1 heterocycles. The van der Waals surface area contributed by atoms with E-state index in [-0.39, 0.29) is 4.87 Å². The fraction of sp³-hybridized carbons (Fsp3) is 0.462. The molecule has 0 aromatic heterocycles. The van der Waals surface area contributed by atoms with Gasteiger partial charge < -0.3 is 4.90 Å². The van der Waals surface area contributed by atoms with Crippen molar-refractivity contribution in [1.29, 1.82) is 0 Å².